The maximum absolute atomic E-state index is 12.8. The molecule has 138 valence electrons. The Morgan fingerprint density at radius 1 is 1.19 bits per heavy atom. The molecule has 1 aliphatic carbocycles. The summed E-state index contributed by atoms with van der Waals surface area (Å²) in [5.74, 6) is 1.28. The number of nitrogens with one attached hydrogen (secondary N) is 2. The van der Waals surface area contributed by atoms with E-state index in [4.69, 9.17) is 0 Å². The van der Waals surface area contributed by atoms with Gasteiger partial charge in [0.1, 0.15) is 23.5 Å². The van der Waals surface area contributed by atoms with Crippen molar-refractivity contribution in [1.29, 1.82) is 0 Å². The van der Waals surface area contributed by atoms with E-state index in [1.54, 1.807) is 18.6 Å². The van der Waals surface area contributed by atoms with E-state index in [-0.39, 0.29) is 18.1 Å². The van der Waals surface area contributed by atoms with Crippen molar-refractivity contribution >= 4 is 29.3 Å². The lowest BCUT2D eigenvalue weighted by Gasteiger charge is -2.11. The molecule has 0 aliphatic heterocycles. The van der Waals surface area contributed by atoms with Crippen LogP contribution in [-0.4, -0.2) is 19.9 Å². The Kier molecular flexibility index (Phi) is 4.79. The van der Waals surface area contributed by atoms with E-state index in [2.05, 4.69) is 25.3 Å². The van der Waals surface area contributed by atoms with Gasteiger partial charge in [-0.2, -0.15) is 13.2 Å². The highest BCUT2D eigenvalue weighted by atomic mass is 35.5. The summed E-state index contributed by atoms with van der Waals surface area (Å²) in [6, 6.07) is 2.77. The number of anilines is 1. The van der Waals surface area contributed by atoms with Crippen LogP contribution in [0.1, 0.15) is 41.3 Å². The first-order valence-corrected chi connectivity index (χ1v) is 8.02. The van der Waals surface area contributed by atoms with E-state index in [1.807, 2.05) is 6.92 Å². The van der Waals surface area contributed by atoms with Gasteiger partial charge in [0.2, 0.25) is 0 Å². The molecule has 0 atom stereocenters. The van der Waals surface area contributed by atoms with Crippen LogP contribution in [0.25, 0.3) is 11.0 Å². The van der Waals surface area contributed by atoms with Gasteiger partial charge in [0.05, 0.1) is 5.69 Å². The van der Waals surface area contributed by atoms with E-state index >= 15 is 0 Å². The largest absolute Gasteiger partial charge is 0.431 e. The highest BCUT2D eigenvalue weighted by Crippen LogP contribution is 2.41. The standard InChI is InChI=1S/C17H16F3N5.ClH/c1-9-14(11-2-3-11)23-8-24-15(9)21-6-10-4-12-5-13(17(18,19)20)25-16(12)22-7-10;/h4-5,7-8,11H,2-3,6H2,1H3,(H,22,25)(H,21,23,24);1H. The van der Waals surface area contributed by atoms with Gasteiger partial charge in [0.25, 0.3) is 0 Å². The van der Waals surface area contributed by atoms with Gasteiger partial charge >= 0.3 is 6.18 Å². The summed E-state index contributed by atoms with van der Waals surface area (Å²) in [7, 11) is 0. The van der Waals surface area contributed by atoms with Crippen molar-refractivity contribution in [2.24, 2.45) is 0 Å². The molecule has 26 heavy (non-hydrogen) atoms. The predicted octanol–water partition coefficient (Wildman–Crippen LogP) is 4.59. The van der Waals surface area contributed by atoms with E-state index in [9.17, 15) is 13.2 Å². The summed E-state index contributed by atoms with van der Waals surface area (Å²) in [5, 5.41) is 3.67. The number of nitrogens with zero attached hydrogens (tertiary/aromatic N) is 3. The fourth-order valence-electron chi connectivity index (χ4n) is 2.91. The maximum atomic E-state index is 12.8. The van der Waals surface area contributed by atoms with Gasteiger partial charge in [-0.1, -0.05) is 0 Å². The lowest BCUT2D eigenvalue weighted by Crippen LogP contribution is -2.06. The molecule has 4 rings (SSSR count). The molecule has 0 saturated heterocycles. The van der Waals surface area contributed by atoms with Gasteiger partial charge in [0, 0.05) is 29.6 Å². The fourth-order valence-corrected chi connectivity index (χ4v) is 2.91. The van der Waals surface area contributed by atoms with Crippen LogP contribution < -0.4 is 5.32 Å². The van der Waals surface area contributed by atoms with Crippen LogP contribution in [0.2, 0.25) is 0 Å². The van der Waals surface area contributed by atoms with Crippen molar-refractivity contribution in [1.82, 2.24) is 19.9 Å². The average molecular weight is 384 g/mol. The minimum atomic E-state index is -4.41. The molecule has 5 nitrogen and oxygen atoms in total. The summed E-state index contributed by atoms with van der Waals surface area (Å²) in [6.45, 7) is 2.41. The van der Waals surface area contributed by atoms with Crippen molar-refractivity contribution in [3.05, 3.63) is 47.2 Å². The predicted molar refractivity (Wildman–Crippen MR) is 94.4 cm³/mol. The third-order valence-corrected chi connectivity index (χ3v) is 4.38. The van der Waals surface area contributed by atoms with Crippen LogP contribution >= 0.6 is 12.4 Å². The number of H-pyrrole nitrogens is 1. The fraction of sp³-hybridized carbons (Fsp3) is 0.353. The normalized spacial score (nSPS) is 14.3. The Morgan fingerprint density at radius 3 is 2.65 bits per heavy atom. The van der Waals surface area contributed by atoms with Crippen LogP contribution in [-0.2, 0) is 12.7 Å². The Hall–Kier alpha value is -2.35. The number of hydrogen-bond acceptors (Lipinski definition) is 4. The molecule has 3 aromatic rings. The molecule has 1 aliphatic rings. The lowest BCUT2D eigenvalue weighted by molar-refractivity contribution is -0.140. The number of aromatic amines is 1. The molecule has 1 saturated carbocycles. The zero-order valence-electron chi connectivity index (χ0n) is 13.9. The minimum absolute atomic E-state index is 0. The van der Waals surface area contributed by atoms with E-state index in [0.717, 1.165) is 41.5 Å². The van der Waals surface area contributed by atoms with E-state index in [0.29, 0.717) is 17.8 Å². The molecule has 9 heteroatoms. The molecule has 0 unspecified atom stereocenters. The minimum Gasteiger partial charge on any atom is -0.366 e. The number of fused-ring (bicyclic) bond motifs is 1. The second-order valence-electron chi connectivity index (χ2n) is 6.32. The zero-order chi connectivity index (χ0) is 17.6. The number of hydrogen-bond donors (Lipinski definition) is 2. The molecule has 0 radical (unpaired) electrons. The zero-order valence-corrected chi connectivity index (χ0v) is 14.7. The molecule has 0 amide bonds. The van der Waals surface area contributed by atoms with Gasteiger partial charge in [-0.25, -0.2) is 15.0 Å². The molecule has 0 bridgehead atoms. The van der Waals surface area contributed by atoms with Crippen molar-refractivity contribution in [2.75, 3.05) is 5.32 Å². The third-order valence-electron chi connectivity index (χ3n) is 4.38. The first-order chi connectivity index (χ1) is 11.9. The molecular formula is C17H17ClF3N5. The Labute approximate surface area is 153 Å². The summed E-state index contributed by atoms with van der Waals surface area (Å²) < 4.78 is 38.3. The van der Waals surface area contributed by atoms with E-state index < -0.39 is 11.9 Å². The van der Waals surface area contributed by atoms with Gasteiger partial charge in [-0.05, 0) is 37.5 Å². The van der Waals surface area contributed by atoms with Gasteiger partial charge in [-0.3, -0.25) is 0 Å². The molecular weight excluding hydrogens is 367 g/mol. The van der Waals surface area contributed by atoms with Crippen LogP contribution in [0.4, 0.5) is 19.0 Å². The Morgan fingerprint density at radius 2 is 1.96 bits per heavy atom. The SMILES string of the molecule is Cc1c(NCc2cnc3[nH]c(C(F)(F)F)cc3c2)ncnc1C1CC1.Cl. The molecule has 2 N–H and O–H groups in total. The molecule has 0 aromatic carbocycles. The number of alkyl halides is 3. The van der Waals surface area contributed by atoms with Crippen LogP contribution in [0.5, 0.6) is 0 Å². The van der Waals surface area contributed by atoms with Crippen molar-refractivity contribution in [3.8, 4) is 0 Å². The third kappa shape index (κ3) is 3.60. The molecule has 1 fully saturated rings. The van der Waals surface area contributed by atoms with E-state index in [1.165, 1.54) is 0 Å². The molecule has 3 heterocycles. The van der Waals surface area contributed by atoms with Crippen LogP contribution in [0.15, 0.2) is 24.7 Å². The average Bonchev–Trinajstić information content (AvgIpc) is 3.30. The first-order valence-electron chi connectivity index (χ1n) is 8.02. The molecule has 3 aromatic heterocycles. The summed E-state index contributed by atoms with van der Waals surface area (Å²) in [6.07, 6.45) is 1.02. The van der Waals surface area contributed by atoms with Gasteiger partial charge < -0.3 is 10.3 Å². The highest BCUT2D eigenvalue weighted by molar-refractivity contribution is 5.85. The lowest BCUT2D eigenvalue weighted by atomic mass is 10.1. The highest BCUT2D eigenvalue weighted by Gasteiger charge is 2.32. The van der Waals surface area contributed by atoms with Gasteiger partial charge in [-0.15, -0.1) is 12.4 Å². The Bertz CT molecular complexity index is 934. The van der Waals surface area contributed by atoms with Gasteiger partial charge in [0.15, 0.2) is 0 Å². The smallest absolute Gasteiger partial charge is 0.366 e. The van der Waals surface area contributed by atoms with Crippen LogP contribution in [0.3, 0.4) is 0 Å². The summed E-state index contributed by atoms with van der Waals surface area (Å²) in [5.41, 5.74) is 2.32. The maximum Gasteiger partial charge on any atom is 0.431 e. The summed E-state index contributed by atoms with van der Waals surface area (Å²) >= 11 is 0. The topological polar surface area (TPSA) is 66.5 Å². The molecule has 0 spiro atoms. The van der Waals surface area contributed by atoms with Crippen molar-refractivity contribution in [2.45, 2.75) is 38.4 Å². The number of aromatic nitrogens is 4. The second-order valence-corrected chi connectivity index (χ2v) is 6.32. The van der Waals surface area contributed by atoms with Crippen LogP contribution in [0, 0.1) is 6.92 Å². The Balaban J connectivity index is 0.00000196. The number of rotatable bonds is 4. The number of pyridine rings is 1. The number of halogens is 4. The second kappa shape index (κ2) is 6.75. The quantitative estimate of drug-likeness (QED) is 0.691. The van der Waals surface area contributed by atoms with Crippen molar-refractivity contribution in [3.63, 3.8) is 0 Å². The summed E-state index contributed by atoms with van der Waals surface area (Å²) in [4.78, 5) is 15.0. The first kappa shape index (κ1) is 18.4. The van der Waals surface area contributed by atoms with Crippen molar-refractivity contribution < 1.29 is 13.2 Å². The monoisotopic (exact) mass is 383 g/mol.